The first-order chi connectivity index (χ1) is 11.6. The molecule has 1 aliphatic rings. The molecule has 1 saturated heterocycles. The summed E-state index contributed by atoms with van der Waals surface area (Å²) in [5.41, 5.74) is 0. The lowest BCUT2D eigenvalue weighted by Crippen LogP contribution is -2.21. The van der Waals surface area contributed by atoms with Gasteiger partial charge in [-0.25, -0.2) is 0 Å². The van der Waals surface area contributed by atoms with Crippen molar-refractivity contribution in [2.75, 3.05) is 0 Å². The van der Waals surface area contributed by atoms with Crippen molar-refractivity contribution < 1.29 is 9.47 Å². The molecule has 0 unspecified atom stereocenters. The predicted octanol–water partition coefficient (Wildman–Crippen LogP) is 6.75. The van der Waals surface area contributed by atoms with Crippen LogP contribution in [-0.2, 0) is 9.47 Å². The fourth-order valence-corrected chi connectivity index (χ4v) is 3.06. The van der Waals surface area contributed by atoms with Crippen LogP contribution in [0.15, 0.2) is 11.8 Å². The number of ether oxygens (including phenoxy) is 2. The van der Waals surface area contributed by atoms with Crippen LogP contribution in [0.1, 0.15) is 105 Å². The molecule has 1 aliphatic heterocycles. The van der Waals surface area contributed by atoms with Gasteiger partial charge in [0.25, 0.3) is 0 Å². The van der Waals surface area contributed by atoms with Gasteiger partial charge in [0.15, 0.2) is 0 Å². The van der Waals surface area contributed by atoms with Gasteiger partial charge in [-0.1, -0.05) is 52.4 Å². The van der Waals surface area contributed by atoms with Gasteiger partial charge < -0.3 is 9.47 Å². The molecule has 0 spiro atoms. The van der Waals surface area contributed by atoms with Gasteiger partial charge in [0.05, 0.1) is 0 Å². The van der Waals surface area contributed by atoms with Crippen molar-refractivity contribution in [2.45, 2.75) is 117 Å². The largest absolute Gasteiger partial charge is 0.465 e. The number of unbranched alkanes of at least 4 members (excludes halogenated alkanes) is 8. The summed E-state index contributed by atoms with van der Waals surface area (Å²) in [6, 6.07) is 0. The standard InChI is InChI=1S/C22H38O2/c1-5-7-8-9-10-11-12-13-14-15-16-17-19-21-20(18-6-2)23-22(3,4)24-21/h18,21H,5-10,13-17,19H2,1-4H3/b20-18-/t21-/m0/s1. The zero-order valence-electron chi connectivity index (χ0n) is 16.5. The monoisotopic (exact) mass is 334 g/mol. The highest BCUT2D eigenvalue weighted by atomic mass is 16.7. The molecule has 0 bridgehead atoms. The van der Waals surface area contributed by atoms with Crippen LogP contribution in [-0.4, -0.2) is 11.9 Å². The second kappa shape index (κ2) is 12.4. The highest BCUT2D eigenvalue weighted by molar-refractivity contribution is 5.05. The summed E-state index contributed by atoms with van der Waals surface area (Å²) < 4.78 is 11.9. The maximum atomic E-state index is 6.00. The first kappa shape index (κ1) is 21.1. The maximum absolute atomic E-state index is 6.00. The zero-order chi connectivity index (χ0) is 17.7. The Morgan fingerprint density at radius 3 is 2.17 bits per heavy atom. The van der Waals surface area contributed by atoms with Gasteiger partial charge in [0.1, 0.15) is 11.9 Å². The van der Waals surface area contributed by atoms with Crippen molar-refractivity contribution in [3.63, 3.8) is 0 Å². The van der Waals surface area contributed by atoms with E-state index in [0.717, 1.165) is 31.4 Å². The summed E-state index contributed by atoms with van der Waals surface area (Å²) in [6.45, 7) is 8.39. The van der Waals surface area contributed by atoms with E-state index in [9.17, 15) is 0 Å². The highest BCUT2D eigenvalue weighted by Gasteiger charge is 2.36. The molecule has 0 N–H and O–H groups in total. The average Bonchev–Trinajstić information content (AvgIpc) is 2.83. The Balaban J connectivity index is 2.04. The van der Waals surface area contributed by atoms with E-state index in [1.807, 2.05) is 13.8 Å². The molecule has 1 heterocycles. The molecule has 0 aromatic heterocycles. The van der Waals surface area contributed by atoms with Crippen molar-refractivity contribution in [1.82, 2.24) is 0 Å². The van der Waals surface area contributed by atoms with Crippen LogP contribution in [0.5, 0.6) is 0 Å². The lowest BCUT2D eigenvalue weighted by molar-refractivity contribution is -0.134. The Bertz CT molecular complexity index is 411. The van der Waals surface area contributed by atoms with Crippen LogP contribution in [0.4, 0.5) is 0 Å². The lowest BCUT2D eigenvalue weighted by Gasteiger charge is -2.16. The summed E-state index contributed by atoms with van der Waals surface area (Å²) in [5, 5.41) is 0. The van der Waals surface area contributed by atoms with Crippen molar-refractivity contribution in [2.24, 2.45) is 0 Å². The third-order valence-electron chi connectivity index (χ3n) is 4.31. The molecule has 0 aromatic rings. The Labute approximate surface area is 150 Å². The minimum atomic E-state index is -0.460. The van der Waals surface area contributed by atoms with Crippen LogP contribution in [0.3, 0.4) is 0 Å². The van der Waals surface area contributed by atoms with Crippen molar-refractivity contribution in [3.8, 4) is 11.8 Å². The Kier molecular flexibility index (Phi) is 10.9. The van der Waals surface area contributed by atoms with Crippen LogP contribution in [0.25, 0.3) is 0 Å². The summed E-state index contributed by atoms with van der Waals surface area (Å²) in [6.07, 6.45) is 16.8. The number of rotatable bonds is 11. The molecule has 0 radical (unpaired) electrons. The summed E-state index contributed by atoms with van der Waals surface area (Å²) >= 11 is 0. The topological polar surface area (TPSA) is 18.5 Å². The fourth-order valence-electron chi connectivity index (χ4n) is 3.06. The molecule has 0 aromatic carbocycles. The average molecular weight is 335 g/mol. The number of allylic oxidation sites excluding steroid dienone is 1. The number of hydrogen-bond acceptors (Lipinski definition) is 2. The third kappa shape index (κ3) is 9.38. The molecule has 2 heteroatoms. The normalized spacial score (nSPS) is 20.7. The van der Waals surface area contributed by atoms with E-state index in [0.29, 0.717) is 0 Å². The lowest BCUT2D eigenvalue weighted by atomic mass is 10.1. The van der Waals surface area contributed by atoms with E-state index >= 15 is 0 Å². The van der Waals surface area contributed by atoms with Crippen LogP contribution in [0.2, 0.25) is 0 Å². The fraction of sp³-hybridized carbons (Fsp3) is 0.818. The Hall–Kier alpha value is -0.940. The second-order valence-electron chi connectivity index (χ2n) is 7.24. The molecule has 24 heavy (non-hydrogen) atoms. The van der Waals surface area contributed by atoms with Crippen LogP contribution in [0, 0.1) is 11.8 Å². The molecule has 2 nitrogen and oxygen atoms in total. The second-order valence-corrected chi connectivity index (χ2v) is 7.24. The van der Waals surface area contributed by atoms with Gasteiger partial charge in [-0.05, 0) is 31.8 Å². The Morgan fingerprint density at radius 2 is 1.54 bits per heavy atom. The van der Waals surface area contributed by atoms with Gasteiger partial charge in [-0.3, -0.25) is 0 Å². The van der Waals surface area contributed by atoms with Gasteiger partial charge in [0, 0.05) is 26.7 Å². The van der Waals surface area contributed by atoms with Gasteiger partial charge >= 0.3 is 0 Å². The first-order valence-corrected chi connectivity index (χ1v) is 10.1. The van der Waals surface area contributed by atoms with E-state index in [1.54, 1.807) is 0 Å². The molecule has 0 saturated carbocycles. The molecule has 0 amide bonds. The summed E-state index contributed by atoms with van der Waals surface area (Å²) in [5.74, 6) is 7.22. The zero-order valence-corrected chi connectivity index (χ0v) is 16.5. The molecule has 1 atom stereocenters. The van der Waals surface area contributed by atoms with Gasteiger partial charge in [-0.15, -0.1) is 11.8 Å². The molecule has 0 aliphatic carbocycles. The van der Waals surface area contributed by atoms with E-state index in [4.69, 9.17) is 9.47 Å². The van der Waals surface area contributed by atoms with Crippen molar-refractivity contribution in [1.29, 1.82) is 0 Å². The van der Waals surface area contributed by atoms with Gasteiger partial charge in [0.2, 0.25) is 5.79 Å². The van der Waals surface area contributed by atoms with E-state index in [2.05, 4.69) is 31.8 Å². The van der Waals surface area contributed by atoms with E-state index in [-0.39, 0.29) is 6.10 Å². The summed E-state index contributed by atoms with van der Waals surface area (Å²) in [4.78, 5) is 0. The van der Waals surface area contributed by atoms with Crippen LogP contribution < -0.4 is 0 Å². The first-order valence-electron chi connectivity index (χ1n) is 10.1. The van der Waals surface area contributed by atoms with Gasteiger partial charge in [-0.2, -0.15) is 0 Å². The van der Waals surface area contributed by atoms with E-state index < -0.39 is 5.79 Å². The molecule has 138 valence electrons. The smallest absolute Gasteiger partial charge is 0.205 e. The SMILES string of the molecule is CC/C=C1\OC(C)(C)O[C@H]1CCCCCCC#CCCCCCC. The molecular weight excluding hydrogens is 296 g/mol. The van der Waals surface area contributed by atoms with Crippen LogP contribution >= 0.6 is 0 Å². The molecule has 1 fully saturated rings. The Morgan fingerprint density at radius 1 is 0.917 bits per heavy atom. The quantitative estimate of drug-likeness (QED) is 0.307. The van der Waals surface area contributed by atoms with Crippen molar-refractivity contribution in [3.05, 3.63) is 11.8 Å². The molecule has 1 rings (SSSR count). The molecular formula is C22H38O2. The van der Waals surface area contributed by atoms with Crippen molar-refractivity contribution >= 4 is 0 Å². The minimum absolute atomic E-state index is 0.155. The number of hydrogen-bond donors (Lipinski definition) is 0. The van der Waals surface area contributed by atoms with E-state index in [1.165, 1.54) is 51.4 Å². The third-order valence-corrected chi connectivity index (χ3v) is 4.31. The predicted molar refractivity (Wildman–Crippen MR) is 103 cm³/mol. The summed E-state index contributed by atoms with van der Waals surface area (Å²) in [7, 11) is 0. The minimum Gasteiger partial charge on any atom is -0.465 e. The maximum Gasteiger partial charge on any atom is 0.205 e. The highest BCUT2D eigenvalue weighted by Crippen LogP contribution is 2.33.